The molecular formula is C27H37N5O3Si. The normalized spacial score (nSPS) is 14.5. The predicted molar refractivity (Wildman–Crippen MR) is 143 cm³/mol. The molecule has 1 N–H and O–H groups in total. The van der Waals surface area contributed by atoms with E-state index in [2.05, 4.69) is 40.0 Å². The van der Waals surface area contributed by atoms with E-state index in [9.17, 15) is 4.79 Å². The van der Waals surface area contributed by atoms with Gasteiger partial charge in [-0.05, 0) is 48.6 Å². The number of benzene rings is 1. The second-order valence-corrected chi connectivity index (χ2v) is 16.3. The highest BCUT2D eigenvalue weighted by molar-refractivity contribution is 6.76. The molecular weight excluding hydrogens is 470 g/mol. The third-order valence-electron chi connectivity index (χ3n) is 6.46. The van der Waals surface area contributed by atoms with Crippen LogP contribution < -0.4 is 10.1 Å². The maximum atomic E-state index is 12.3. The number of carbonyl (C=O) groups excluding carboxylic acids is 1. The molecule has 4 rings (SSSR count). The van der Waals surface area contributed by atoms with Gasteiger partial charge < -0.3 is 14.8 Å². The van der Waals surface area contributed by atoms with Crippen LogP contribution in [-0.2, 0) is 11.5 Å². The average molecular weight is 508 g/mol. The summed E-state index contributed by atoms with van der Waals surface area (Å²) in [5, 5.41) is 7.25. The summed E-state index contributed by atoms with van der Waals surface area (Å²) in [6.45, 7) is 8.74. The summed E-state index contributed by atoms with van der Waals surface area (Å²) in [5.41, 5.74) is 2.64. The van der Waals surface area contributed by atoms with Crippen LogP contribution in [0.3, 0.4) is 0 Å². The van der Waals surface area contributed by atoms with Crippen molar-refractivity contribution >= 4 is 14.2 Å². The summed E-state index contributed by atoms with van der Waals surface area (Å²) in [4.78, 5) is 21.2. The van der Waals surface area contributed by atoms with Gasteiger partial charge in [0, 0.05) is 44.7 Å². The maximum Gasteiger partial charge on any atom is 0.412 e. The first-order valence-corrected chi connectivity index (χ1v) is 16.6. The number of nitrogens with zero attached hydrogens (tertiary/aromatic N) is 4. The molecule has 0 radical (unpaired) electrons. The average Bonchev–Trinajstić information content (AvgIpc) is 3.34. The molecule has 0 bridgehead atoms. The van der Waals surface area contributed by atoms with Crippen LogP contribution >= 0.6 is 0 Å². The smallest absolute Gasteiger partial charge is 0.410 e. The van der Waals surface area contributed by atoms with Crippen molar-refractivity contribution < 1.29 is 14.3 Å². The van der Waals surface area contributed by atoms with E-state index in [-0.39, 0.29) is 0 Å². The van der Waals surface area contributed by atoms with Gasteiger partial charge in [0.05, 0.1) is 0 Å². The highest BCUT2D eigenvalue weighted by atomic mass is 28.3. The van der Waals surface area contributed by atoms with Gasteiger partial charge in [-0.25, -0.2) is 14.5 Å². The van der Waals surface area contributed by atoms with Crippen LogP contribution in [-0.4, -0.2) is 47.1 Å². The van der Waals surface area contributed by atoms with Gasteiger partial charge in [0.1, 0.15) is 18.8 Å². The number of nitrogens with one attached hydrogen (secondary N) is 1. The monoisotopic (exact) mass is 507 g/mol. The summed E-state index contributed by atoms with van der Waals surface area (Å²) in [6.07, 6.45) is 10.8. The van der Waals surface area contributed by atoms with Crippen molar-refractivity contribution in [1.29, 1.82) is 0 Å². The molecule has 192 valence electrons. The molecule has 2 aromatic heterocycles. The Morgan fingerprint density at radius 3 is 2.69 bits per heavy atom. The lowest BCUT2D eigenvalue weighted by Crippen LogP contribution is -2.32. The molecule has 1 fully saturated rings. The van der Waals surface area contributed by atoms with Crippen LogP contribution in [0.4, 0.5) is 4.79 Å². The third kappa shape index (κ3) is 7.73. The topological polar surface area (TPSA) is 91.2 Å². The molecule has 9 heteroatoms. The molecule has 2 heterocycles. The largest absolute Gasteiger partial charge is 0.412 e. The van der Waals surface area contributed by atoms with Crippen molar-refractivity contribution in [1.82, 2.24) is 25.1 Å². The molecule has 1 aliphatic rings. The van der Waals surface area contributed by atoms with E-state index in [1.54, 1.807) is 23.1 Å². The van der Waals surface area contributed by atoms with Gasteiger partial charge in [-0.15, -0.1) is 0 Å². The lowest BCUT2D eigenvalue weighted by Gasteiger charge is -2.21. The summed E-state index contributed by atoms with van der Waals surface area (Å²) >= 11 is 0. The zero-order chi connectivity index (χ0) is 25.4. The number of carbonyl (C=O) groups is 1. The minimum atomic E-state index is -1.15. The Hall–Kier alpha value is -3.04. The number of ether oxygens (including phenoxy) is 2. The van der Waals surface area contributed by atoms with Gasteiger partial charge in [0.2, 0.25) is 0 Å². The van der Waals surface area contributed by atoms with Gasteiger partial charge in [-0.3, -0.25) is 4.98 Å². The first-order chi connectivity index (χ1) is 17.4. The highest BCUT2D eigenvalue weighted by Gasteiger charge is 2.16. The van der Waals surface area contributed by atoms with E-state index in [1.165, 1.54) is 38.4 Å². The van der Waals surface area contributed by atoms with Crippen molar-refractivity contribution in [3.63, 3.8) is 0 Å². The quantitative estimate of drug-likeness (QED) is 0.268. The van der Waals surface area contributed by atoms with Gasteiger partial charge in [-0.2, -0.15) is 5.10 Å². The highest BCUT2D eigenvalue weighted by Crippen LogP contribution is 2.27. The van der Waals surface area contributed by atoms with Crippen molar-refractivity contribution in [2.24, 2.45) is 5.92 Å². The van der Waals surface area contributed by atoms with E-state index in [1.807, 2.05) is 24.3 Å². The molecule has 8 nitrogen and oxygen atoms in total. The fourth-order valence-corrected chi connectivity index (χ4v) is 5.09. The van der Waals surface area contributed by atoms with Crippen molar-refractivity contribution in [3.8, 4) is 28.3 Å². The van der Waals surface area contributed by atoms with E-state index < -0.39 is 14.2 Å². The van der Waals surface area contributed by atoms with Crippen molar-refractivity contribution in [2.75, 3.05) is 13.2 Å². The second kappa shape index (κ2) is 12.3. The maximum absolute atomic E-state index is 12.3. The van der Waals surface area contributed by atoms with Gasteiger partial charge in [-0.1, -0.05) is 51.0 Å². The number of amides is 1. The van der Waals surface area contributed by atoms with Crippen LogP contribution in [0.1, 0.15) is 32.1 Å². The van der Waals surface area contributed by atoms with Gasteiger partial charge in [0.15, 0.2) is 5.82 Å². The molecule has 0 spiro atoms. The van der Waals surface area contributed by atoms with E-state index >= 15 is 0 Å². The summed E-state index contributed by atoms with van der Waals surface area (Å²) in [7, 11) is -1.15. The Labute approximate surface area is 214 Å². The summed E-state index contributed by atoms with van der Waals surface area (Å²) < 4.78 is 13.2. The van der Waals surface area contributed by atoms with Crippen LogP contribution in [0.2, 0.25) is 25.7 Å². The molecule has 0 unspecified atom stereocenters. The van der Waals surface area contributed by atoms with Crippen LogP contribution in [0.25, 0.3) is 22.5 Å². The fraction of sp³-hybridized carbons (Fsp3) is 0.481. The Balaban J connectivity index is 1.39. The minimum Gasteiger partial charge on any atom is -0.410 e. The molecule has 1 saturated carbocycles. The number of hydrogen-bond acceptors (Lipinski definition) is 6. The zero-order valence-corrected chi connectivity index (χ0v) is 22.6. The van der Waals surface area contributed by atoms with E-state index in [0.29, 0.717) is 37.4 Å². The molecule has 1 aliphatic carbocycles. The Bertz CT molecular complexity index is 1140. The molecule has 0 atom stereocenters. The predicted octanol–water partition coefficient (Wildman–Crippen LogP) is 5.99. The lowest BCUT2D eigenvalue weighted by molar-refractivity contribution is 0.0796. The van der Waals surface area contributed by atoms with Gasteiger partial charge >= 0.3 is 6.09 Å². The van der Waals surface area contributed by atoms with E-state index in [0.717, 1.165) is 22.7 Å². The summed E-state index contributed by atoms with van der Waals surface area (Å²) in [6, 6.07) is 10.6. The molecule has 1 aromatic carbocycles. The van der Waals surface area contributed by atoms with Gasteiger partial charge in [0.25, 0.3) is 0 Å². The fourth-order valence-electron chi connectivity index (χ4n) is 4.33. The van der Waals surface area contributed by atoms with Crippen molar-refractivity contribution in [3.05, 3.63) is 49.1 Å². The second-order valence-electron chi connectivity index (χ2n) is 10.7. The molecule has 0 saturated heterocycles. The Morgan fingerprint density at radius 2 is 1.89 bits per heavy atom. The molecule has 36 heavy (non-hydrogen) atoms. The third-order valence-corrected chi connectivity index (χ3v) is 8.16. The molecule has 1 amide bonds. The Morgan fingerprint density at radius 1 is 1.08 bits per heavy atom. The zero-order valence-electron chi connectivity index (χ0n) is 21.6. The van der Waals surface area contributed by atoms with Crippen LogP contribution in [0.15, 0.2) is 49.1 Å². The molecule has 0 aliphatic heterocycles. The number of pyridine rings is 1. The van der Waals surface area contributed by atoms with Crippen LogP contribution in [0.5, 0.6) is 5.75 Å². The SMILES string of the molecule is C[Si](C)(C)CCOCn1ncnc1-c1cncc(-c2cccc(OC(=O)NCC3CCCCC3)c2)c1. The number of hydrogen-bond donors (Lipinski definition) is 1. The number of aromatic nitrogens is 4. The minimum absolute atomic E-state index is 0.351. The first-order valence-electron chi connectivity index (χ1n) is 12.8. The van der Waals surface area contributed by atoms with Crippen molar-refractivity contribution in [2.45, 2.75) is 64.5 Å². The first kappa shape index (κ1) is 26.0. The standard InChI is InChI=1S/C27H37N5O3Si/c1-36(2,3)13-12-34-20-32-26(30-19-31-32)24-14-23(17-28-18-24)22-10-7-11-25(15-22)35-27(33)29-16-21-8-5-4-6-9-21/h7,10-11,14-15,17-19,21H,4-6,8-9,12-13,16,20H2,1-3H3,(H,29,33). The number of rotatable bonds is 10. The molecule has 3 aromatic rings. The Kier molecular flexibility index (Phi) is 8.87. The lowest BCUT2D eigenvalue weighted by atomic mass is 9.89. The van der Waals surface area contributed by atoms with Crippen LogP contribution in [0, 0.1) is 5.92 Å². The van der Waals surface area contributed by atoms with E-state index in [4.69, 9.17) is 9.47 Å². The summed E-state index contributed by atoms with van der Waals surface area (Å²) in [5.74, 6) is 1.75.